The van der Waals surface area contributed by atoms with Gasteiger partial charge < -0.3 is 25.5 Å². The normalized spacial score (nSPS) is 19.9. The molecule has 0 aromatic carbocycles. The Morgan fingerprint density at radius 1 is 0.591 bits per heavy atom. The van der Waals surface area contributed by atoms with Crippen molar-refractivity contribution in [2.24, 2.45) is 0 Å². The minimum Gasteiger partial charge on any atom is -0.480 e. The van der Waals surface area contributed by atoms with Crippen LogP contribution in [0, 0.1) is 0 Å². The van der Waals surface area contributed by atoms with Gasteiger partial charge in [0.05, 0.1) is 32.7 Å². The average molecular weight is 646 g/mol. The summed E-state index contributed by atoms with van der Waals surface area (Å²) in [7, 11) is 0.168. The molecule has 252 valence electrons. The lowest BCUT2D eigenvalue weighted by atomic mass is 10.2. The predicted molar refractivity (Wildman–Crippen MR) is 169 cm³/mol. The van der Waals surface area contributed by atoms with Crippen molar-refractivity contribution < 1.29 is 39.3 Å². The van der Waals surface area contributed by atoms with E-state index in [4.69, 9.17) is 0 Å². The number of nitrogens with zero attached hydrogens (tertiary/aromatic N) is 6. The number of hydrogen-bond donors (Lipinski definition) is 4. The zero-order valence-corrected chi connectivity index (χ0v) is 26.8. The molecule has 0 spiro atoms. The number of aliphatic carboxylic acids is 3. The number of hydrogen-bond acceptors (Lipinski definition) is 10. The number of carbonyl (C=O) groups excluding carboxylic acids is 2. The van der Waals surface area contributed by atoms with E-state index >= 15 is 0 Å². The van der Waals surface area contributed by atoms with Gasteiger partial charge in [0.25, 0.3) is 0 Å². The lowest BCUT2D eigenvalue weighted by Crippen LogP contribution is -2.54. The number of nitrogens with one attached hydrogen (secondary N) is 1. The van der Waals surface area contributed by atoms with Gasteiger partial charge in [0.1, 0.15) is 0 Å². The molecule has 0 aromatic heterocycles. The Bertz CT molecular complexity index is 948. The van der Waals surface area contributed by atoms with Crippen molar-refractivity contribution in [1.29, 1.82) is 0 Å². The van der Waals surface area contributed by atoms with E-state index in [0.29, 0.717) is 91.6 Å². The van der Waals surface area contributed by atoms with Crippen molar-refractivity contribution in [3.63, 3.8) is 0 Å². The SMILES string of the molecule is C=S(C)CCCCNC(=O)CN1CCN(C(=O)CN2CCN(CC(=O)O)CCN(CC(=O)O)CCN(CC(=O)O)CC2)CC1. The highest BCUT2D eigenvalue weighted by Crippen LogP contribution is 2.07. The van der Waals surface area contributed by atoms with Crippen LogP contribution in [0.5, 0.6) is 0 Å². The van der Waals surface area contributed by atoms with E-state index in [-0.39, 0.29) is 48.5 Å². The summed E-state index contributed by atoms with van der Waals surface area (Å²) in [6.45, 7) is 5.38. The van der Waals surface area contributed by atoms with Gasteiger partial charge in [0, 0.05) is 85.1 Å². The Kier molecular flexibility index (Phi) is 17.4. The first-order valence-electron chi connectivity index (χ1n) is 15.1. The zero-order valence-electron chi connectivity index (χ0n) is 26.0. The summed E-state index contributed by atoms with van der Waals surface area (Å²) in [6.07, 6.45) is 4.08. The van der Waals surface area contributed by atoms with E-state index in [0.717, 1.165) is 18.6 Å². The summed E-state index contributed by atoms with van der Waals surface area (Å²) in [5.41, 5.74) is 0. The third-order valence-corrected chi connectivity index (χ3v) is 8.68. The zero-order chi connectivity index (χ0) is 32.5. The first-order chi connectivity index (χ1) is 20.9. The van der Waals surface area contributed by atoms with Gasteiger partial charge in [-0.3, -0.25) is 48.5 Å². The summed E-state index contributed by atoms with van der Waals surface area (Å²) < 4.78 is 0. The first-order valence-corrected chi connectivity index (χ1v) is 17.1. The summed E-state index contributed by atoms with van der Waals surface area (Å²) in [5.74, 6) is 1.99. The van der Waals surface area contributed by atoms with Gasteiger partial charge in [-0.2, -0.15) is 10.5 Å². The molecule has 0 aliphatic carbocycles. The fraction of sp³-hybridized carbons (Fsp3) is 0.786. The Hall–Kier alpha value is -2.63. The molecule has 2 amide bonds. The van der Waals surface area contributed by atoms with Crippen LogP contribution in [0.1, 0.15) is 12.8 Å². The molecule has 2 saturated heterocycles. The molecule has 0 bridgehead atoms. The summed E-state index contributed by atoms with van der Waals surface area (Å²) in [4.78, 5) is 70.9. The van der Waals surface area contributed by atoms with Crippen LogP contribution in [-0.2, 0) is 24.0 Å². The third kappa shape index (κ3) is 16.4. The van der Waals surface area contributed by atoms with Crippen molar-refractivity contribution >= 4 is 46.1 Å². The summed E-state index contributed by atoms with van der Waals surface area (Å²) in [6, 6.07) is 0. The summed E-state index contributed by atoms with van der Waals surface area (Å²) >= 11 is 0. The molecule has 2 rings (SSSR count). The number of unbranched alkanes of at least 4 members (excludes halogenated alkanes) is 1. The average Bonchev–Trinajstić information content (AvgIpc) is 2.93. The minimum absolute atomic E-state index is 0.0165. The van der Waals surface area contributed by atoms with Crippen LogP contribution < -0.4 is 5.32 Å². The molecular weight excluding hydrogens is 594 g/mol. The van der Waals surface area contributed by atoms with E-state index < -0.39 is 17.9 Å². The van der Waals surface area contributed by atoms with E-state index in [1.807, 2.05) is 9.80 Å². The molecule has 15 nitrogen and oxygen atoms in total. The number of amides is 2. The van der Waals surface area contributed by atoms with Gasteiger partial charge in [-0.1, -0.05) is 5.87 Å². The Labute approximate surface area is 262 Å². The van der Waals surface area contributed by atoms with Crippen LogP contribution in [-0.4, -0.2) is 210 Å². The second-order valence-corrected chi connectivity index (χ2v) is 13.5. The van der Waals surface area contributed by atoms with Gasteiger partial charge in [0.2, 0.25) is 11.8 Å². The summed E-state index contributed by atoms with van der Waals surface area (Å²) in [5, 5.41) is 31.1. The Morgan fingerprint density at radius 3 is 1.34 bits per heavy atom. The second-order valence-electron chi connectivity index (χ2n) is 11.5. The van der Waals surface area contributed by atoms with E-state index in [1.165, 1.54) is 0 Å². The maximum absolute atomic E-state index is 13.3. The number of carbonyl (C=O) groups is 5. The number of rotatable bonds is 15. The molecule has 2 fully saturated rings. The number of carboxylic acids is 3. The van der Waals surface area contributed by atoms with Gasteiger partial charge in [-0.05, 0) is 24.9 Å². The molecule has 16 heteroatoms. The molecule has 44 heavy (non-hydrogen) atoms. The van der Waals surface area contributed by atoms with Gasteiger partial charge in [0.15, 0.2) is 0 Å². The molecular formula is C28H51N7O8S. The first kappa shape index (κ1) is 37.6. The van der Waals surface area contributed by atoms with Crippen molar-refractivity contribution in [2.75, 3.05) is 130 Å². The maximum atomic E-state index is 13.3. The molecule has 1 atom stereocenters. The molecule has 0 radical (unpaired) electrons. The quantitative estimate of drug-likeness (QED) is 0.112. The van der Waals surface area contributed by atoms with E-state index in [9.17, 15) is 39.3 Å². The smallest absolute Gasteiger partial charge is 0.317 e. The van der Waals surface area contributed by atoms with Crippen LogP contribution >= 0.6 is 10.5 Å². The van der Waals surface area contributed by atoms with Crippen LogP contribution in [0.25, 0.3) is 0 Å². The second kappa shape index (κ2) is 20.4. The lowest BCUT2D eigenvalue weighted by Gasteiger charge is -2.36. The van der Waals surface area contributed by atoms with E-state index in [2.05, 4.69) is 17.4 Å². The molecule has 2 aliphatic heterocycles. The van der Waals surface area contributed by atoms with Gasteiger partial charge in [-0.25, -0.2) is 0 Å². The van der Waals surface area contributed by atoms with Crippen molar-refractivity contribution in [3.8, 4) is 0 Å². The van der Waals surface area contributed by atoms with Crippen LogP contribution in [0.15, 0.2) is 0 Å². The van der Waals surface area contributed by atoms with Crippen molar-refractivity contribution in [1.82, 2.24) is 34.7 Å². The number of carboxylic acid groups (broad SMARTS) is 3. The topological polar surface area (TPSA) is 178 Å². The Balaban J connectivity index is 1.93. The van der Waals surface area contributed by atoms with Crippen molar-refractivity contribution in [3.05, 3.63) is 0 Å². The van der Waals surface area contributed by atoms with E-state index in [1.54, 1.807) is 19.6 Å². The molecule has 4 N–H and O–H groups in total. The fourth-order valence-corrected chi connectivity index (χ4v) is 5.89. The lowest BCUT2D eigenvalue weighted by molar-refractivity contribution is -0.141. The molecule has 2 heterocycles. The van der Waals surface area contributed by atoms with Crippen LogP contribution in [0.2, 0.25) is 0 Å². The van der Waals surface area contributed by atoms with Crippen LogP contribution in [0.4, 0.5) is 0 Å². The highest BCUT2D eigenvalue weighted by atomic mass is 32.2. The standard InChI is InChI=1S/C28H51N7O8S/c1-44(2)18-4-3-5-29-24(36)19-30-14-16-35(17-15-30)25(37)20-31-6-8-32(21-26(38)39)10-12-34(23-28(42)43)13-11-33(9-7-31)22-27(40)41/h1,3-23H2,2H3,(H,29,36)(H,38,39)(H,40,41)(H,42,43). The van der Waals surface area contributed by atoms with Crippen LogP contribution in [0.3, 0.4) is 0 Å². The Morgan fingerprint density at radius 2 is 0.955 bits per heavy atom. The third-order valence-electron chi connectivity index (χ3n) is 7.70. The van der Waals surface area contributed by atoms with Crippen molar-refractivity contribution in [2.45, 2.75) is 12.8 Å². The highest BCUT2D eigenvalue weighted by molar-refractivity contribution is 8.13. The fourth-order valence-electron chi connectivity index (χ4n) is 5.19. The maximum Gasteiger partial charge on any atom is 0.317 e. The minimum atomic E-state index is -1.01. The molecule has 2 aliphatic rings. The molecule has 0 saturated carbocycles. The van der Waals surface area contributed by atoms with Gasteiger partial charge in [-0.15, -0.1) is 0 Å². The largest absolute Gasteiger partial charge is 0.480 e. The predicted octanol–water partition coefficient (Wildman–Crippen LogP) is -2.17. The van der Waals surface area contributed by atoms with Gasteiger partial charge >= 0.3 is 17.9 Å². The number of piperazine rings is 1. The highest BCUT2D eigenvalue weighted by Gasteiger charge is 2.25. The monoisotopic (exact) mass is 645 g/mol. The molecule has 1 unspecified atom stereocenters. The molecule has 0 aromatic rings.